The first-order chi connectivity index (χ1) is 13.2. The summed E-state index contributed by atoms with van der Waals surface area (Å²) in [5.74, 6) is 1.16. The Hall–Kier alpha value is -1.80. The van der Waals surface area contributed by atoms with Crippen molar-refractivity contribution < 1.29 is 13.2 Å². The quantitative estimate of drug-likeness (QED) is 0.537. The van der Waals surface area contributed by atoms with Crippen LogP contribution in [0.3, 0.4) is 0 Å². The number of sulfonamides is 1. The third-order valence-electron chi connectivity index (χ3n) is 4.27. The van der Waals surface area contributed by atoms with Gasteiger partial charge in [0.15, 0.2) is 0 Å². The fourth-order valence-electron chi connectivity index (χ4n) is 2.84. The SMILES string of the molecule is CCCn1c(COc2cc(Cl)ccc2Cl)nc2cc(S(=O)(=O)N(C)C)ccc21. The van der Waals surface area contributed by atoms with E-state index in [9.17, 15) is 8.42 Å². The van der Waals surface area contributed by atoms with Crippen LogP contribution in [0.15, 0.2) is 41.3 Å². The number of nitrogens with zero attached hydrogens (tertiary/aromatic N) is 3. The smallest absolute Gasteiger partial charge is 0.242 e. The molecule has 3 rings (SSSR count). The van der Waals surface area contributed by atoms with Gasteiger partial charge in [-0.15, -0.1) is 0 Å². The van der Waals surface area contributed by atoms with Gasteiger partial charge in [-0.1, -0.05) is 30.1 Å². The second-order valence-electron chi connectivity index (χ2n) is 6.48. The van der Waals surface area contributed by atoms with Crippen molar-refractivity contribution >= 4 is 44.3 Å². The molecule has 0 atom stereocenters. The summed E-state index contributed by atoms with van der Waals surface area (Å²) in [7, 11) is -0.523. The van der Waals surface area contributed by atoms with Crippen LogP contribution in [0.2, 0.25) is 10.0 Å². The van der Waals surface area contributed by atoms with Crippen LogP contribution in [0.5, 0.6) is 5.75 Å². The first-order valence-electron chi connectivity index (χ1n) is 8.73. The van der Waals surface area contributed by atoms with Crippen LogP contribution in [-0.2, 0) is 23.2 Å². The predicted molar refractivity (Wildman–Crippen MR) is 112 cm³/mol. The minimum absolute atomic E-state index is 0.185. The van der Waals surface area contributed by atoms with E-state index in [1.165, 1.54) is 18.4 Å². The zero-order valence-electron chi connectivity index (χ0n) is 15.8. The Morgan fingerprint density at radius 2 is 1.89 bits per heavy atom. The molecule has 0 bridgehead atoms. The number of aryl methyl sites for hydroxylation is 1. The van der Waals surface area contributed by atoms with Gasteiger partial charge in [-0.2, -0.15) is 0 Å². The summed E-state index contributed by atoms with van der Waals surface area (Å²) < 4.78 is 33.9. The molecule has 28 heavy (non-hydrogen) atoms. The molecule has 0 aliphatic carbocycles. The Morgan fingerprint density at radius 1 is 1.14 bits per heavy atom. The molecule has 0 fully saturated rings. The highest BCUT2D eigenvalue weighted by molar-refractivity contribution is 7.89. The molecule has 0 radical (unpaired) electrons. The molecular weight excluding hydrogens is 421 g/mol. The van der Waals surface area contributed by atoms with Gasteiger partial charge in [0.05, 0.1) is 21.0 Å². The molecule has 1 aromatic heterocycles. The van der Waals surface area contributed by atoms with E-state index < -0.39 is 10.0 Å². The van der Waals surface area contributed by atoms with E-state index in [1.54, 1.807) is 36.4 Å². The fourth-order valence-corrected chi connectivity index (χ4v) is 4.10. The average Bonchev–Trinajstić information content (AvgIpc) is 2.99. The fraction of sp³-hybridized carbons (Fsp3) is 0.316. The van der Waals surface area contributed by atoms with Gasteiger partial charge in [0.25, 0.3) is 0 Å². The van der Waals surface area contributed by atoms with Gasteiger partial charge < -0.3 is 9.30 Å². The third kappa shape index (κ3) is 4.12. The lowest BCUT2D eigenvalue weighted by Gasteiger charge is -2.12. The molecular formula is C19H21Cl2N3O3S. The van der Waals surface area contributed by atoms with Gasteiger partial charge >= 0.3 is 0 Å². The predicted octanol–water partition coefficient (Wildman–Crippen LogP) is 4.58. The number of rotatable bonds is 7. The third-order valence-corrected chi connectivity index (χ3v) is 6.63. The number of benzene rings is 2. The van der Waals surface area contributed by atoms with Crippen LogP contribution in [-0.4, -0.2) is 36.4 Å². The highest BCUT2D eigenvalue weighted by atomic mass is 35.5. The standard InChI is InChI=1S/C19H21Cl2N3O3S/c1-4-9-24-17-8-6-14(28(25,26)23(2)3)11-16(17)22-19(24)12-27-18-10-13(20)5-7-15(18)21/h5-8,10-11H,4,9,12H2,1-3H3. The normalized spacial score (nSPS) is 12.1. The van der Waals surface area contributed by atoms with E-state index in [0.717, 1.165) is 18.5 Å². The molecule has 0 N–H and O–H groups in total. The maximum atomic E-state index is 12.4. The van der Waals surface area contributed by atoms with E-state index in [2.05, 4.69) is 11.9 Å². The van der Waals surface area contributed by atoms with E-state index in [1.807, 2.05) is 4.57 Å². The molecule has 9 heteroatoms. The van der Waals surface area contributed by atoms with Crippen LogP contribution < -0.4 is 4.74 Å². The van der Waals surface area contributed by atoms with Gasteiger partial charge in [-0.05, 0) is 36.8 Å². The lowest BCUT2D eigenvalue weighted by molar-refractivity contribution is 0.290. The van der Waals surface area contributed by atoms with Gasteiger partial charge in [0.2, 0.25) is 10.0 Å². The van der Waals surface area contributed by atoms with Crippen LogP contribution in [0.1, 0.15) is 19.2 Å². The van der Waals surface area contributed by atoms with Crippen molar-refractivity contribution in [3.05, 3.63) is 52.3 Å². The summed E-state index contributed by atoms with van der Waals surface area (Å²) in [6, 6.07) is 9.99. The van der Waals surface area contributed by atoms with Crippen LogP contribution in [0.4, 0.5) is 0 Å². The molecule has 6 nitrogen and oxygen atoms in total. The Bertz CT molecular complexity index is 1110. The second-order valence-corrected chi connectivity index (χ2v) is 9.48. The molecule has 0 aliphatic rings. The number of hydrogen-bond donors (Lipinski definition) is 0. The number of aromatic nitrogens is 2. The molecule has 2 aromatic carbocycles. The van der Waals surface area contributed by atoms with Gasteiger partial charge in [-0.25, -0.2) is 17.7 Å². The Balaban J connectivity index is 1.99. The van der Waals surface area contributed by atoms with Crippen LogP contribution in [0, 0.1) is 0 Å². The summed E-state index contributed by atoms with van der Waals surface area (Å²) in [5.41, 5.74) is 1.46. The van der Waals surface area contributed by atoms with Crippen molar-refractivity contribution in [1.82, 2.24) is 13.9 Å². The molecule has 150 valence electrons. The highest BCUT2D eigenvalue weighted by Gasteiger charge is 2.20. The molecule has 0 aliphatic heterocycles. The summed E-state index contributed by atoms with van der Waals surface area (Å²) in [4.78, 5) is 4.82. The Morgan fingerprint density at radius 3 is 2.57 bits per heavy atom. The summed E-state index contributed by atoms with van der Waals surface area (Å²) in [5, 5.41) is 0.988. The van der Waals surface area contributed by atoms with Crippen molar-refractivity contribution in [3.8, 4) is 5.75 Å². The maximum Gasteiger partial charge on any atom is 0.242 e. The first-order valence-corrected chi connectivity index (χ1v) is 10.9. The topological polar surface area (TPSA) is 64.4 Å². The summed E-state index contributed by atoms with van der Waals surface area (Å²) in [6.07, 6.45) is 0.897. The van der Waals surface area contributed by atoms with Crippen LogP contribution in [0.25, 0.3) is 11.0 Å². The van der Waals surface area contributed by atoms with E-state index in [4.69, 9.17) is 27.9 Å². The van der Waals surface area contributed by atoms with E-state index in [-0.39, 0.29) is 11.5 Å². The van der Waals surface area contributed by atoms with Gasteiger partial charge in [-0.3, -0.25) is 0 Å². The number of fused-ring (bicyclic) bond motifs is 1. The van der Waals surface area contributed by atoms with Crippen molar-refractivity contribution in [2.24, 2.45) is 0 Å². The van der Waals surface area contributed by atoms with Gasteiger partial charge in [0, 0.05) is 31.7 Å². The zero-order chi connectivity index (χ0) is 20.5. The number of imidazole rings is 1. The second kappa shape index (κ2) is 8.29. The largest absolute Gasteiger partial charge is 0.484 e. The zero-order valence-corrected chi connectivity index (χ0v) is 18.1. The molecule has 0 unspecified atom stereocenters. The van der Waals surface area contributed by atoms with Crippen molar-refractivity contribution in [2.75, 3.05) is 14.1 Å². The molecule has 0 saturated heterocycles. The number of halogens is 2. The average molecular weight is 442 g/mol. The minimum Gasteiger partial charge on any atom is -0.484 e. The molecule has 3 aromatic rings. The molecule has 1 heterocycles. The first kappa shape index (κ1) is 20.9. The molecule has 0 amide bonds. The van der Waals surface area contributed by atoms with Crippen molar-refractivity contribution in [1.29, 1.82) is 0 Å². The minimum atomic E-state index is -3.53. The lowest BCUT2D eigenvalue weighted by Crippen LogP contribution is -2.22. The van der Waals surface area contributed by atoms with Crippen molar-refractivity contribution in [3.63, 3.8) is 0 Å². The lowest BCUT2D eigenvalue weighted by atomic mass is 10.3. The Labute approximate surface area is 174 Å². The Kier molecular flexibility index (Phi) is 6.19. The van der Waals surface area contributed by atoms with E-state index >= 15 is 0 Å². The number of ether oxygens (including phenoxy) is 1. The maximum absolute atomic E-state index is 12.4. The molecule has 0 saturated carbocycles. The summed E-state index contributed by atoms with van der Waals surface area (Å²) >= 11 is 12.2. The number of hydrogen-bond acceptors (Lipinski definition) is 4. The summed E-state index contributed by atoms with van der Waals surface area (Å²) in [6.45, 7) is 2.98. The monoisotopic (exact) mass is 441 g/mol. The highest BCUT2D eigenvalue weighted by Crippen LogP contribution is 2.29. The van der Waals surface area contributed by atoms with Crippen LogP contribution >= 0.6 is 23.2 Å². The van der Waals surface area contributed by atoms with Gasteiger partial charge in [0.1, 0.15) is 18.2 Å². The molecule has 0 spiro atoms. The van der Waals surface area contributed by atoms with Crippen molar-refractivity contribution in [2.45, 2.75) is 31.4 Å². The van der Waals surface area contributed by atoms with E-state index in [0.29, 0.717) is 27.1 Å².